The van der Waals surface area contributed by atoms with Gasteiger partial charge in [0.1, 0.15) is 29.5 Å². The van der Waals surface area contributed by atoms with Gasteiger partial charge in [-0.25, -0.2) is 24.1 Å². The molecular weight excluding hydrogens is 587 g/mol. The van der Waals surface area contributed by atoms with Crippen LogP contribution < -0.4 is 9.64 Å². The first-order chi connectivity index (χ1) is 21.0. The van der Waals surface area contributed by atoms with Crippen LogP contribution in [0.15, 0.2) is 24.8 Å². The number of nitrogens with zero attached hydrogens (tertiary/aromatic N) is 6. The fourth-order valence-corrected chi connectivity index (χ4v) is 6.62. The SMILES string of the molecule is COc1c(Cl)c(-c2c(C)ccc3c2ncn3C2CCCCO2)c(F)c2ncnc(N3CCN(C(=O)OC(C)(C)C)[C@H](C)C3)c12. The lowest BCUT2D eigenvalue weighted by Crippen LogP contribution is -2.55. The van der Waals surface area contributed by atoms with Crippen LogP contribution in [0.1, 0.15) is 58.7 Å². The Morgan fingerprint density at radius 1 is 1.11 bits per heavy atom. The maximum atomic E-state index is 16.8. The number of hydrogen-bond donors (Lipinski definition) is 0. The molecule has 12 heteroatoms. The highest BCUT2D eigenvalue weighted by Gasteiger charge is 2.34. The van der Waals surface area contributed by atoms with Gasteiger partial charge < -0.3 is 28.6 Å². The first kappa shape index (κ1) is 30.3. The molecule has 0 saturated carbocycles. The summed E-state index contributed by atoms with van der Waals surface area (Å²) >= 11 is 7.05. The van der Waals surface area contributed by atoms with Gasteiger partial charge >= 0.3 is 6.09 Å². The highest BCUT2D eigenvalue weighted by atomic mass is 35.5. The number of rotatable bonds is 4. The smallest absolute Gasteiger partial charge is 0.410 e. The normalized spacial score (nSPS) is 19.5. The Kier molecular flexibility index (Phi) is 8.04. The van der Waals surface area contributed by atoms with E-state index < -0.39 is 11.4 Å². The van der Waals surface area contributed by atoms with Gasteiger partial charge in [-0.1, -0.05) is 17.7 Å². The van der Waals surface area contributed by atoms with Crippen molar-refractivity contribution in [2.24, 2.45) is 0 Å². The average Bonchev–Trinajstić information content (AvgIpc) is 3.42. The Hall–Kier alpha value is -3.70. The number of aryl methyl sites for hydroxylation is 1. The summed E-state index contributed by atoms with van der Waals surface area (Å²) in [5.41, 5.74) is 2.55. The van der Waals surface area contributed by atoms with Crippen LogP contribution in [0.5, 0.6) is 5.75 Å². The second-order valence-electron chi connectivity index (χ2n) is 12.5. The number of fused-ring (bicyclic) bond motifs is 2. The van der Waals surface area contributed by atoms with Crippen molar-refractivity contribution >= 4 is 45.4 Å². The number of piperazine rings is 1. The molecule has 44 heavy (non-hydrogen) atoms. The Labute approximate surface area is 261 Å². The molecule has 2 aliphatic rings. The predicted octanol–water partition coefficient (Wildman–Crippen LogP) is 6.90. The zero-order valence-corrected chi connectivity index (χ0v) is 26.7. The van der Waals surface area contributed by atoms with E-state index in [1.165, 1.54) is 13.4 Å². The van der Waals surface area contributed by atoms with Crippen LogP contribution >= 0.6 is 11.6 Å². The number of ether oxygens (including phenoxy) is 3. The van der Waals surface area contributed by atoms with Gasteiger partial charge in [0.25, 0.3) is 0 Å². The van der Waals surface area contributed by atoms with Crippen LogP contribution in [0.25, 0.3) is 33.1 Å². The number of halogens is 2. The van der Waals surface area contributed by atoms with Crippen molar-refractivity contribution in [1.82, 2.24) is 24.4 Å². The number of carbonyl (C=O) groups excluding carboxylic acids is 1. The number of carbonyl (C=O) groups is 1. The molecule has 2 saturated heterocycles. The molecule has 6 rings (SSSR count). The molecule has 2 atom stereocenters. The van der Waals surface area contributed by atoms with E-state index in [2.05, 4.69) is 9.97 Å². The first-order valence-corrected chi connectivity index (χ1v) is 15.4. The molecule has 10 nitrogen and oxygen atoms in total. The lowest BCUT2D eigenvalue weighted by atomic mass is 9.96. The van der Waals surface area contributed by atoms with Crippen molar-refractivity contribution in [2.75, 3.05) is 38.3 Å². The maximum Gasteiger partial charge on any atom is 0.410 e. The highest BCUT2D eigenvalue weighted by molar-refractivity contribution is 6.37. The van der Waals surface area contributed by atoms with E-state index in [0.29, 0.717) is 48.5 Å². The van der Waals surface area contributed by atoms with Gasteiger partial charge in [0.05, 0.1) is 34.9 Å². The Bertz CT molecular complexity index is 1730. The van der Waals surface area contributed by atoms with Crippen molar-refractivity contribution in [3.63, 3.8) is 0 Å². The number of amides is 1. The minimum atomic E-state index is -0.597. The summed E-state index contributed by atoms with van der Waals surface area (Å²) in [6, 6.07) is 3.75. The van der Waals surface area contributed by atoms with Crippen LogP contribution in [-0.2, 0) is 9.47 Å². The van der Waals surface area contributed by atoms with Gasteiger partial charge in [-0.05, 0) is 65.5 Å². The molecule has 2 fully saturated rings. The molecule has 0 aliphatic carbocycles. The number of hydrogen-bond acceptors (Lipinski definition) is 8. The fourth-order valence-electron chi connectivity index (χ4n) is 6.27. The van der Waals surface area contributed by atoms with Crippen LogP contribution in [-0.4, -0.2) is 75.5 Å². The first-order valence-electron chi connectivity index (χ1n) is 15.0. The van der Waals surface area contributed by atoms with Crippen molar-refractivity contribution in [2.45, 2.75) is 71.8 Å². The summed E-state index contributed by atoms with van der Waals surface area (Å²) in [6.07, 6.45) is 5.62. The van der Waals surface area contributed by atoms with E-state index in [4.69, 9.17) is 30.8 Å². The van der Waals surface area contributed by atoms with Gasteiger partial charge in [-0.2, -0.15) is 0 Å². The Balaban J connectivity index is 1.44. The molecule has 1 amide bonds. The number of benzene rings is 2. The third-order valence-corrected chi connectivity index (χ3v) is 8.69. The van der Waals surface area contributed by atoms with Crippen LogP contribution in [0, 0.1) is 12.7 Å². The van der Waals surface area contributed by atoms with E-state index >= 15 is 4.39 Å². The van der Waals surface area contributed by atoms with E-state index in [9.17, 15) is 4.79 Å². The molecule has 4 heterocycles. The summed E-state index contributed by atoms with van der Waals surface area (Å²) in [5.74, 6) is 0.194. The largest absolute Gasteiger partial charge is 0.494 e. The lowest BCUT2D eigenvalue weighted by Gasteiger charge is -2.41. The number of imidazole rings is 1. The quantitative estimate of drug-likeness (QED) is 0.242. The summed E-state index contributed by atoms with van der Waals surface area (Å²) in [5, 5.41) is 0.498. The van der Waals surface area contributed by atoms with E-state index in [1.54, 1.807) is 11.2 Å². The van der Waals surface area contributed by atoms with Crippen LogP contribution in [0.2, 0.25) is 5.02 Å². The molecule has 2 aliphatic heterocycles. The van der Waals surface area contributed by atoms with E-state index in [0.717, 1.165) is 30.3 Å². The van der Waals surface area contributed by atoms with Gasteiger partial charge in [-0.3, -0.25) is 0 Å². The van der Waals surface area contributed by atoms with Crippen LogP contribution in [0.3, 0.4) is 0 Å². The lowest BCUT2D eigenvalue weighted by molar-refractivity contribution is -0.0295. The average molecular weight is 625 g/mol. The highest BCUT2D eigenvalue weighted by Crippen LogP contribution is 2.48. The minimum absolute atomic E-state index is 0.0972. The van der Waals surface area contributed by atoms with Gasteiger partial charge in [0, 0.05) is 43.4 Å². The van der Waals surface area contributed by atoms with Crippen molar-refractivity contribution in [3.05, 3.63) is 41.2 Å². The van der Waals surface area contributed by atoms with Crippen molar-refractivity contribution in [3.8, 4) is 16.9 Å². The summed E-state index contributed by atoms with van der Waals surface area (Å²) < 4.78 is 36.3. The van der Waals surface area contributed by atoms with Crippen molar-refractivity contribution < 1.29 is 23.4 Å². The second kappa shape index (κ2) is 11.7. The third kappa shape index (κ3) is 5.30. The molecule has 0 radical (unpaired) electrons. The molecule has 4 aromatic rings. The predicted molar refractivity (Wildman–Crippen MR) is 168 cm³/mol. The maximum absolute atomic E-state index is 16.8. The molecular formula is C32H38ClFN6O4. The van der Waals surface area contributed by atoms with Gasteiger partial charge in [0.15, 0.2) is 11.6 Å². The monoisotopic (exact) mass is 624 g/mol. The molecule has 0 bridgehead atoms. The number of aromatic nitrogens is 4. The molecule has 0 spiro atoms. The Morgan fingerprint density at radius 2 is 1.91 bits per heavy atom. The van der Waals surface area contributed by atoms with Crippen LogP contribution in [0.4, 0.5) is 15.0 Å². The molecule has 1 unspecified atom stereocenters. The second-order valence-corrected chi connectivity index (χ2v) is 12.9. The van der Waals surface area contributed by atoms with Crippen molar-refractivity contribution in [1.29, 1.82) is 0 Å². The zero-order valence-electron chi connectivity index (χ0n) is 26.0. The third-order valence-electron chi connectivity index (χ3n) is 8.33. The molecule has 234 valence electrons. The molecule has 0 N–H and O–H groups in total. The summed E-state index contributed by atoms with van der Waals surface area (Å²) in [7, 11) is 1.50. The van der Waals surface area contributed by atoms with Gasteiger partial charge in [0.2, 0.25) is 0 Å². The standard InChI is InChI=1S/C32H38ClFN6O4/c1-18-10-11-20-27(37-17-40(20)21-9-7-8-14-43-21)22(18)23-25(33)29(42-6)24-28(26(23)34)35-16-36-30(24)38-12-13-39(19(2)15-38)31(41)44-32(3,4)5/h10-11,16-17,19,21H,7-9,12-15H2,1-6H3/t19-,21?/m1/s1. The summed E-state index contributed by atoms with van der Waals surface area (Å²) in [6.45, 7) is 11.4. The molecule has 2 aromatic carbocycles. The van der Waals surface area contributed by atoms with E-state index in [-0.39, 0.29) is 40.2 Å². The van der Waals surface area contributed by atoms with Gasteiger partial charge in [-0.15, -0.1) is 0 Å². The summed E-state index contributed by atoms with van der Waals surface area (Å²) in [4.78, 5) is 30.2. The zero-order chi connectivity index (χ0) is 31.3. The fraction of sp³-hybridized carbons (Fsp3) is 0.500. The number of anilines is 1. The number of methoxy groups -OCH3 is 1. The minimum Gasteiger partial charge on any atom is -0.494 e. The van der Waals surface area contributed by atoms with E-state index in [1.807, 2.05) is 56.2 Å². The topological polar surface area (TPSA) is 94.8 Å². The Morgan fingerprint density at radius 3 is 2.59 bits per heavy atom. The molecule has 2 aromatic heterocycles.